The van der Waals surface area contributed by atoms with Crippen LogP contribution in [0.4, 0.5) is 0 Å². The zero-order valence-corrected chi connectivity index (χ0v) is 15.5. The fraction of sp³-hybridized carbons (Fsp3) is 0.857. The quantitative estimate of drug-likeness (QED) is 0.375. The summed E-state index contributed by atoms with van der Waals surface area (Å²) in [6.07, 6.45) is 13.9. The third kappa shape index (κ3) is 4.65. The van der Waals surface area contributed by atoms with Crippen LogP contribution in [0.2, 0.25) is 0 Å². The first-order valence-electron chi connectivity index (χ1n) is 10.3. The monoisotopic (exact) mass is 348 g/mol. The lowest BCUT2D eigenvalue weighted by Gasteiger charge is -2.26. The Hall–Kier alpha value is -0.870. The molecular weight excluding hydrogens is 316 g/mol. The number of carbonyl (C=O) groups is 1. The highest BCUT2D eigenvalue weighted by atomic mass is 16.6. The minimum absolute atomic E-state index is 0.0398. The predicted molar refractivity (Wildman–Crippen MR) is 95.2 cm³/mol. The minimum Gasteiger partial charge on any atom is -0.459 e. The molecule has 0 radical (unpaired) electrons. The van der Waals surface area contributed by atoms with E-state index < -0.39 is 0 Å². The van der Waals surface area contributed by atoms with Crippen LogP contribution in [0.5, 0.6) is 0 Å². The van der Waals surface area contributed by atoms with Gasteiger partial charge in [0.05, 0.1) is 24.4 Å². The highest BCUT2D eigenvalue weighted by Gasteiger charge is 2.45. The van der Waals surface area contributed by atoms with Crippen molar-refractivity contribution in [1.29, 1.82) is 0 Å². The summed E-state index contributed by atoms with van der Waals surface area (Å²) >= 11 is 0. The Morgan fingerprint density at radius 1 is 1.04 bits per heavy atom. The van der Waals surface area contributed by atoms with Crippen molar-refractivity contribution in [1.82, 2.24) is 0 Å². The molecule has 4 rings (SSSR count). The van der Waals surface area contributed by atoms with Crippen LogP contribution in [0.1, 0.15) is 71.1 Å². The molecule has 25 heavy (non-hydrogen) atoms. The van der Waals surface area contributed by atoms with Crippen molar-refractivity contribution in [2.75, 3.05) is 0 Å². The summed E-state index contributed by atoms with van der Waals surface area (Å²) in [6.45, 7) is 5.46. The predicted octanol–water partition coefficient (Wildman–Crippen LogP) is 4.17. The summed E-state index contributed by atoms with van der Waals surface area (Å²) < 4.78 is 17.1. The number of esters is 1. The van der Waals surface area contributed by atoms with Crippen molar-refractivity contribution >= 4 is 5.97 Å². The lowest BCUT2D eigenvalue weighted by atomic mass is 9.83. The molecule has 0 aromatic heterocycles. The summed E-state index contributed by atoms with van der Waals surface area (Å²) in [5.41, 5.74) is 0.503. The Kier molecular flexibility index (Phi) is 5.19. The summed E-state index contributed by atoms with van der Waals surface area (Å²) in [6, 6.07) is 0. The number of epoxide rings is 2. The molecule has 7 unspecified atom stereocenters. The molecule has 140 valence electrons. The third-order valence-corrected chi connectivity index (χ3v) is 6.58. The van der Waals surface area contributed by atoms with E-state index in [1.54, 1.807) is 6.92 Å². The van der Waals surface area contributed by atoms with Crippen LogP contribution in [0.25, 0.3) is 0 Å². The Labute approximate surface area is 151 Å². The number of ether oxygens (including phenoxy) is 3. The Morgan fingerprint density at radius 3 is 2.32 bits per heavy atom. The lowest BCUT2D eigenvalue weighted by Crippen LogP contribution is -2.25. The molecule has 0 aromatic carbocycles. The maximum Gasteiger partial charge on any atom is 0.333 e. The van der Waals surface area contributed by atoms with Crippen molar-refractivity contribution in [3.05, 3.63) is 12.2 Å². The maximum atomic E-state index is 12.0. The van der Waals surface area contributed by atoms with Crippen molar-refractivity contribution in [3.8, 4) is 0 Å². The third-order valence-electron chi connectivity index (χ3n) is 6.58. The van der Waals surface area contributed by atoms with Crippen molar-refractivity contribution in [2.45, 2.75) is 102 Å². The van der Waals surface area contributed by atoms with Crippen molar-refractivity contribution < 1.29 is 19.0 Å². The zero-order chi connectivity index (χ0) is 17.4. The van der Waals surface area contributed by atoms with Gasteiger partial charge in [0.15, 0.2) is 0 Å². The number of hydrogen-bond acceptors (Lipinski definition) is 4. The van der Waals surface area contributed by atoms with Gasteiger partial charge in [0.25, 0.3) is 0 Å². The molecule has 2 saturated heterocycles. The molecule has 0 bridgehead atoms. The van der Waals surface area contributed by atoms with Crippen LogP contribution in [-0.2, 0) is 19.0 Å². The van der Waals surface area contributed by atoms with Gasteiger partial charge in [-0.25, -0.2) is 4.79 Å². The molecular formula is C21H32O4. The molecule has 0 amide bonds. The molecule has 7 atom stereocenters. The van der Waals surface area contributed by atoms with Gasteiger partial charge in [0.2, 0.25) is 0 Å². The second-order valence-corrected chi connectivity index (χ2v) is 8.76. The molecule has 0 aromatic rings. The van der Waals surface area contributed by atoms with E-state index in [0.29, 0.717) is 35.9 Å². The molecule has 4 nitrogen and oxygen atoms in total. The Balaban J connectivity index is 1.23. The average Bonchev–Trinajstić information content (AvgIpc) is 3.48. The Bertz CT molecular complexity index is 516. The van der Waals surface area contributed by atoms with E-state index in [-0.39, 0.29) is 12.1 Å². The van der Waals surface area contributed by atoms with Crippen molar-refractivity contribution in [3.63, 3.8) is 0 Å². The van der Waals surface area contributed by atoms with Crippen LogP contribution in [0.3, 0.4) is 0 Å². The SMILES string of the molecule is C=C(C)C(=O)OC(CCCC1CCC2OC2C1)CC1CCC2OC2C1. The number of carbonyl (C=O) groups excluding carboxylic acids is 1. The van der Waals surface area contributed by atoms with Gasteiger partial charge >= 0.3 is 5.97 Å². The van der Waals surface area contributed by atoms with Gasteiger partial charge in [-0.15, -0.1) is 0 Å². The van der Waals surface area contributed by atoms with Crippen LogP contribution >= 0.6 is 0 Å². The standard InChI is InChI=1S/C21H32O4/c1-13(2)21(22)23-16(10-15-7-9-18-20(12-15)25-18)5-3-4-14-6-8-17-19(11-14)24-17/h14-20H,1,3-12H2,2H3. The fourth-order valence-corrected chi connectivity index (χ4v) is 4.93. The molecule has 0 N–H and O–H groups in total. The molecule has 2 heterocycles. The first-order chi connectivity index (χ1) is 12.1. The number of rotatable bonds is 8. The maximum absolute atomic E-state index is 12.0. The molecule has 2 aliphatic carbocycles. The molecule has 2 saturated carbocycles. The van der Waals surface area contributed by atoms with Gasteiger partial charge < -0.3 is 14.2 Å². The molecule has 4 aliphatic rings. The number of fused-ring (bicyclic) bond motifs is 2. The Morgan fingerprint density at radius 2 is 1.68 bits per heavy atom. The lowest BCUT2D eigenvalue weighted by molar-refractivity contribution is -0.145. The van der Waals surface area contributed by atoms with E-state index in [2.05, 4.69) is 6.58 Å². The van der Waals surface area contributed by atoms with E-state index in [1.807, 2.05) is 0 Å². The van der Waals surface area contributed by atoms with Crippen LogP contribution < -0.4 is 0 Å². The topological polar surface area (TPSA) is 51.4 Å². The van der Waals surface area contributed by atoms with Gasteiger partial charge in [-0.1, -0.05) is 13.0 Å². The van der Waals surface area contributed by atoms with E-state index in [4.69, 9.17) is 14.2 Å². The summed E-state index contributed by atoms with van der Waals surface area (Å²) in [7, 11) is 0. The van der Waals surface area contributed by atoms with E-state index >= 15 is 0 Å². The van der Waals surface area contributed by atoms with E-state index in [9.17, 15) is 4.79 Å². The van der Waals surface area contributed by atoms with Gasteiger partial charge in [0, 0.05) is 5.57 Å². The van der Waals surface area contributed by atoms with Gasteiger partial charge in [-0.2, -0.15) is 0 Å². The molecule has 4 fully saturated rings. The smallest absolute Gasteiger partial charge is 0.333 e. The van der Waals surface area contributed by atoms with Gasteiger partial charge in [-0.3, -0.25) is 0 Å². The van der Waals surface area contributed by atoms with Crippen LogP contribution in [-0.4, -0.2) is 36.5 Å². The minimum atomic E-state index is -0.228. The van der Waals surface area contributed by atoms with Crippen LogP contribution in [0, 0.1) is 11.8 Å². The second kappa shape index (κ2) is 7.40. The molecule has 0 spiro atoms. The fourth-order valence-electron chi connectivity index (χ4n) is 4.93. The van der Waals surface area contributed by atoms with Crippen molar-refractivity contribution in [2.24, 2.45) is 11.8 Å². The average molecular weight is 348 g/mol. The summed E-state index contributed by atoms with van der Waals surface area (Å²) in [5.74, 6) is 1.21. The molecule has 2 aliphatic heterocycles. The van der Waals surface area contributed by atoms with Gasteiger partial charge in [0.1, 0.15) is 6.10 Å². The van der Waals surface area contributed by atoms with Crippen LogP contribution in [0.15, 0.2) is 12.2 Å². The first-order valence-corrected chi connectivity index (χ1v) is 10.3. The normalized spacial score (nSPS) is 39.7. The summed E-state index contributed by atoms with van der Waals surface area (Å²) in [5, 5.41) is 0. The van der Waals surface area contributed by atoms with Gasteiger partial charge in [-0.05, 0) is 76.5 Å². The second-order valence-electron chi connectivity index (χ2n) is 8.76. The summed E-state index contributed by atoms with van der Waals surface area (Å²) in [4.78, 5) is 12.0. The largest absolute Gasteiger partial charge is 0.459 e. The molecule has 4 heteroatoms. The van der Waals surface area contributed by atoms with E-state index in [0.717, 1.165) is 31.6 Å². The zero-order valence-electron chi connectivity index (χ0n) is 15.5. The van der Waals surface area contributed by atoms with E-state index in [1.165, 1.54) is 38.5 Å². The first kappa shape index (κ1) is 17.5. The highest BCUT2D eigenvalue weighted by Crippen LogP contribution is 2.43. The number of hydrogen-bond donors (Lipinski definition) is 0. The highest BCUT2D eigenvalue weighted by molar-refractivity contribution is 5.87.